The smallest absolute Gasteiger partial charge is 0.230 e. The number of hydrogen-bond donors (Lipinski definition) is 1. The minimum absolute atomic E-state index is 0.307. The Morgan fingerprint density at radius 3 is 2.86 bits per heavy atom. The Kier molecular flexibility index (Phi) is 4.39. The van der Waals surface area contributed by atoms with E-state index in [-0.39, 0.29) is 0 Å². The molecule has 2 N–H and O–H groups in total. The van der Waals surface area contributed by atoms with Crippen LogP contribution in [0.5, 0.6) is 0 Å². The highest BCUT2D eigenvalue weighted by Crippen LogP contribution is 2.22. The van der Waals surface area contributed by atoms with Gasteiger partial charge in [0.1, 0.15) is 11.5 Å². The van der Waals surface area contributed by atoms with E-state index in [0.717, 1.165) is 50.6 Å². The second-order valence-corrected chi connectivity index (χ2v) is 7.20. The number of furan rings is 1. The highest BCUT2D eigenvalue weighted by atomic mass is 16.5. The normalized spacial score (nSPS) is 15.8. The molecular formula is C19H22N8O2. The zero-order valence-electron chi connectivity index (χ0n) is 16.2. The van der Waals surface area contributed by atoms with Crippen LogP contribution in [0.15, 0.2) is 39.5 Å². The predicted octanol–water partition coefficient (Wildman–Crippen LogP) is 1.98. The third-order valence-corrected chi connectivity index (χ3v) is 5.04. The number of hydrogen-bond acceptors (Lipinski definition) is 9. The van der Waals surface area contributed by atoms with Crippen molar-refractivity contribution in [1.82, 2.24) is 29.6 Å². The molecule has 1 aliphatic heterocycles. The maximum absolute atomic E-state index is 6.16. The quantitative estimate of drug-likeness (QED) is 0.555. The Bertz CT molecular complexity index is 1120. The molecule has 0 aliphatic carbocycles. The van der Waals surface area contributed by atoms with Gasteiger partial charge in [0, 0.05) is 44.9 Å². The Hall–Kier alpha value is -3.40. The van der Waals surface area contributed by atoms with Crippen molar-refractivity contribution >= 4 is 17.5 Å². The highest BCUT2D eigenvalue weighted by molar-refractivity contribution is 5.61. The number of anilines is 2. The minimum Gasteiger partial charge on any atom is -0.463 e. The van der Waals surface area contributed by atoms with Crippen LogP contribution in [0.3, 0.4) is 0 Å². The maximum atomic E-state index is 6.16. The van der Waals surface area contributed by atoms with E-state index in [9.17, 15) is 0 Å². The summed E-state index contributed by atoms with van der Waals surface area (Å²) in [5.41, 5.74) is 8.45. The monoisotopic (exact) mass is 394 g/mol. The van der Waals surface area contributed by atoms with Gasteiger partial charge in [-0.2, -0.15) is 19.6 Å². The first-order valence-corrected chi connectivity index (χ1v) is 9.62. The van der Waals surface area contributed by atoms with Gasteiger partial charge in [-0.3, -0.25) is 4.90 Å². The van der Waals surface area contributed by atoms with Crippen molar-refractivity contribution in [1.29, 1.82) is 0 Å². The third-order valence-electron chi connectivity index (χ3n) is 5.04. The van der Waals surface area contributed by atoms with Gasteiger partial charge in [0.05, 0.1) is 12.0 Å². The van der Waals surface area contributed by atoms with Crippen molar-refractivity contribution in [2.45, 2.75) is 19.9 Å². The lowest BCUT2D eigenvalue weighted by Crippen LogP contribution is -2.32. The Morgan fingerprint density at radius 1 is 1.14 bits per heavy atom. The van der Waals surface area contributed by atoms with Crippen LogP contribution < -0.4 is 10.6 Å². The fraction of sp³-hybridized carbons (Fsp3) is 0.368. The van der Waals surface area contributed by atoms with Crippen LogP contribution in [-0.4, -0.2) is 55.8 Å². The van der Waals surface area contributed by atoms with E-state index < -0.39 is 0 Å². The summed E-state index contributed by atoms with van der Waals surface area (Å²) in [6.45, 7) is 6.23. The van der Waals surface area contributed by atoms with Gasteiger partial charge in [-0.15, -0.1) is 0 Å². The number of aromatic nitrogens is 5. The molecular weight excluding hydrogens is 372 g/mol. The predicted molar refractivity (Wildman–Crippen MR) is 106 cm³/mol. The molecule has 0 bridgehead atoms. The molecule has 150 valence electrons. The number of aryl methyl sites for hydroxylation is 1. The van der Waals surface area contributed by atoms with Gasteiger partial charge in [0.15, 0.2) is 11.4 Å². The van der Waals surface area contributed by atoms with Crippen molar-refractivity contribution in [3.63, 3.8) is 0 Å². The molecule has 0 saturated carbocycles. The van der Waals surface area contributed by atoms with Crippen molar-refractivity contribution in [2.75, 3.05) is 36.8 Å². The van der Waals surface area contributed by atoms with Crippen LogP contribution in [-0.2, 0) is 6.54 Å². The van der Waals surface area contributed by atoms with Crippen LogP contribution in [0, 0.1) is 6.92 Å². The molecule has 10 nitrogen and oxygen atoms in total. The standard InChI is InChI=1S/C19H22N8O2/c1-13-10-14(24-29-13)12-25-5-3-6-26(8-7-25)19-21-17-11-15(16-4-2-9-28-16)23-27(17)18(20)22-19/h2,4,9-11H,3,5-8,12H2,1H3,(H2,20,21,22). The summed E-state index contributed by atoms with van der Waals surface area (Å²) in [7, 11) is 0. The number of nitrogen functional groups attached to an aromatic ring is 1. The van der Waals surface area contributed by atoms with Crippen molar-refractivity contribution in [3.8, 4) is 11.5 Å². The maximum Gasteiger partial charge on any atom is 0.230 e. The zero-order chi connectivity index (χ0) is 19.8. The lowest BCUT2D eigenvalue weighted by Gasteiger charge is -2.21. The third kappa shape index (κ3) is 3.54. The first kappa shape index (κ1) is 17.7. The van der Waals surface area contributed by atoms with Gasteiger partial charge in [-0.25, -0.2) is 0 Å². The number of fused-ring (bicyclic) bond motifs is 1. The first-order chi connectivity index (χ1) is 14.2. The summed E-state index contributed by atoms with van der Waals surface area (Å²) in [5.74, 6) is 2.44. The van der Waals surface area contributed by atoms with Gasteiger partial charge in [0.2, 0.25) is 11.9 Å². The van der Waals surface area contributed by atoms with E-state index in [1.165, 1.54) is 0 Å². The molecule has 1 saturated heterocycles. The molecule has 0 atom stereocenters. The summed E-state index contributed by atoms with van der Waals surface area (Å²) in [6, 6.07) is 7.52. The van der Waals surface area contributed by atoms with Gasteiger partial charge < -0.3 is 19.6 Å². The number of nitrogens with two attached hydrogens (primary N) is 1. The first-order valence-electron chi connectivity index (χ1n) is 9.62. The Labute approximate surface area is 166 Å². The van der Waals surface area contributed by atoms with Crippen LogP contribution in [0.2, 0.25) is 0 Å². The van der Waals surface area contributed by atoms with Gasteiger partial charge >= 0.3 is 0 Å². The molecule has 1 fully saturated rings. The molecule has 10 heteroatoms. The van der Waals surface area contributed by atoms with E-state index in [2.05, 4.69) is 25.0 Å². The van der Waals surface area contributed by atoms with E-state index in [0.29, 0.717) is 29.0 Å². The summed E-state index contributed by atoms with van der Waals surface area (Å²) in [4.78, 5) is 13.7. The molecule has 0 aromatic carbocycles. The van der Waals surface area contributed by atoms with Crippen molar-refractivity contribution < 1.29 is 8.94 Å². The molecule has 0 unspecified atom stereocenters. The fourth-order valence-corrected chi connectivity index (χ4v) is 3.63. The highest BCUT2D eigenvalue weighted by Gasteiger charge is 2.20. The van der Waals surface area contributed by atoms with E-state index in [4.69, 9.17) is 19.7 Å². The molecule has 1 aliphatic rings. The Morgan fingerprint density at radius 2 is 2.07 bits per heavy atom. The molecule has 0 spiro atoms. The summed E-state index contributed by atoms with van der Waals surface area (Å²) in [5, 5.41) is 8.55. The fourth-order valence-electron chi connectivity index (χ4n) is 3.63. The lowest BCUT2D eigenvalue weighted by atomic mass is 10.3. The largest absolute Gasteiger partial charge is 0.463 e. The molecule has 29 heavy (non-hydrogen) atoms. The average Bonchev–Trinajstić information content (AvgIpc) is 3.41. The Balaban J connectivity index is 1.35. The van der Waals surface area contributed by atoms with E-state index in [1.807, 2.05) is 31.2 Å². The average molecular weight is 394 g/mol. The van der Waals surface area contributed by atoms with E-state index >= 15 is 0 Å². The SMILES string of the molecule is Cc1cc(CN2CCCN(c3nc(N)n4nc(-c5ccco5)cc4n3)CC2)no1. The molecule has 0 radical (unpaired) electrons. The van der Waals surface area contributed by atoms with Gasteiger partial charge in [0.25, 0.3) is 0 Å². The number of nitrogens with zero attached hydrogens (tertiary/aromatic N) is 7. The summed E-state index contributed by atoms with van der Waals surface area (Å²) >= 11 is 0. The lowest BCUT2D eigenvalue weighted by molar-refractivity contribution is 0.273. The van der Waals surface area contributed by atoms with Crippen molar-refractivity contribution in [3.05, 3.63) is 42.0 Å². The van der Waals surface area contributed by atoms with Crippen LogP contribution in [0.25, 0.3) is 17.1 Å². The van der Waals surface area contributed by atoms with Crippen LogP contribution in [0.4, 0.5) is 11.9 Å². The van der Waals surface area contributed by atoms with Crippen LogP contribution >= 0.6 is 0 Å². The zero-order valence-corrected chi connectivity index (χ0v) is 16.2. The van der Waals surface area contributed by atoms with Gasteiger partial charge in [-0.1, -0.05) is 5.16 Å². The topological polar surface area (TPSA) is 115 Å². The molecule has 4 aromatic heterocycles. The van der Waals surface area contributed by atoms with Crippen LogP contribution in [0.1, 0.15) is 17.9 Å². The van der Waals surface area contributed by atoms with E-state index in [1.54, 1.807) is 10.8 Å². The van der Waals surface area contributed by atoms with Gasteiger partial charge in [-0.05, 0) is 25.5 Å². The number of rotatable bonds is 4. The second-order valence-electron chi connectivity index (χ2n) is 7.20. The minimum atomic E-state index is 0.307. The summed E-state index contributed by atoms with van der Waals surface area (Å²) < 4.78 is 12.1. The summed E-state index contributed by atoms with van der Waals surface area (Å²) in [6.07, 6.45) is 2.62. The molecule has 5 heterocycles. The van der Waals surface area contributed by atoms with Crippen molar-refractivity contribution in [2.24, 2.45) is 0 Å². The molecule has 4 aromatic rings. The second kappa shape index (κ2) is 7.21. The molecule has 5 rings (SSSR count). The molecule has 0 amide bonds.